The minimum atomic E-state index is -2.28. The summed E-state index contributed by atoms with van der Waals surface area (Å²) in [5.41, 5.74) is 0. The number of hydrogen-bond acceptors (Lipinski definition) is 3. The Bertz CT molecular complexity index is 340. The molecule has 1 N–H and O–H groups in total. The van der Waals surface area contributed by atoms with Crippen LogP contribution in [-0.4, -0.2) is 45.0 Å². The number of carboxylic acid groups (broad SMARTS) is 1. The lowest BCUT2D eigenvalue weighted by Gasteiger charge is -2.39. The maximum atomic E-state index is 11.9. The van der Waals surface area contributed by atoms with Gasteiger partial charge in [0.25, 0.3) is 0 Å². The Balaban J connectivity index is 4.90. The first kappa shape index (κ1) is 17.9. The Hall–Kier alpha value is -0.123. The zero-order valence-electron chi connectivity index (χ0n) is 12.6. The third-order valence-electron chi connectivity index (χ3n) is 3.31. The van der Waals surface area contributed by atoms with Crippen LogP contribution in [0.4, 0.5) is 0 Å². The fourth-order valence-corrected chi connectivity index (χ4v) is 4.10. The zero-order valence-corrected chi connectivity index (χ0v) is 14.5. The van der Waals surface area contributed by atoms with Gasteiger partial charge in [0.2, 0.25) is 0 Å². The van der Waals surface area contributed by atoms with Crippen molar-refractivity contribution in [3.63, 3.8) is 0 Å². The normalized spacial score (nSPS) is 15.5. The lowest BCUT2D eigenvalue weighted by molar-refractivity contribution is -0.138. The Kier molecular flexibility index (Phi) is 5.85. The van der Waals surface area contributed by atoms with Crippen LogP contribution in [0.15, 0.2) is 0 Å². The molecule has 0 unspecified atom stereocenters. The molecule has 0 aromatic carbocycles. The average molecular weight is 294 g/mol. The van der Waals surface area contributed by atoms with Crippen molar-refractivity contribution in [1.82, 2.24) is 0 Å². The van der Waals surface area contributed by atoms with Crippen molar-refractivity contribution in [2.24, 2.45) is 0 Å². The summed E-state index contributed by atoms with van der Waals surface area (Å²) in [6.07, 6.45) is -0.173. The van der Waals surface area contributed by atoms with Gasteiger partial charge in [-0.05, 0) is 31.5 Å². The van der Waals surface area contributed by atoms with Gasteiger partial charge in [-0.1, -0.05) is 20.8 Å². The topological polar surface area (TPSA) is 63.6 Å². The number of carbonyl (C=O) groups is 1. The first-order chi connectivity index (χ1) is 7.74. The van der Waals surface area contributed by atoms with Gasteiger partial charge in [-0.3, -0.25) is 4.79 Å². The molecule has 0 heterocycles. The van der Waals surface area contributed by atoms with Crippen LogP contribution in [0.5, 0.6) is 0 Å². The van der Waals surface area contributed by atoms with Gasteiger partial charge >= 0.3 is 5.97 Å². The van der Waals surface area contributed by atoms with Crippen LogP contribution in [-0.2, 0) is 13.8 Å². The molecule has 0 aliphatic rings. The molecule has 0 fully saturated rings. The first-order valence-corrected chi connectivity index (χ1v) is 11.9. The van der Waals surface area contributed by atoms with Gasteiger partial charge in [-0.15, -0.1) is 0 Å². The van der Waals surface area contributed by atoms with Crippen molar-refractivity contribution < 1.29 is 18.9 Å². The Morgan fingerprint density at radius 3 is 2.06 bits per heavy atom. The number of aliphatic carboxylic acids is 1. The molecule has 0 spiro atoms. The minimum Gasteiger partial charge on any atom is -0.481 e. The fourth-order valence-electron chi connectivity index (χ4n) is 1.42. The van der Waals surface area contributed by atoms with Gasteiger partial charge in [0.15, 0.2) is 8.32 Å². The van der Waals surface area contributed by atoms with Gasteiger partial charge in [0.05, 0.1) is 19.7 Å². The summed E-state index contributed by atoms with van der Waals surface area (Å²) in [5, 5.41) is 8.95. The summed E-state index contributed by atoms with van der Waals surface area (Å²) in [5.74, 6) is -0.896. The molecule has 0 saturated carbocycles. The number of carboxylic acids is 1. The number of rotatable bonds is 6. The average Bonchev–Trinajstić information content (AvgIpc) is 1.94. The molecule has 0 amide bonds. The van der Waals surface area contributed by atoms with Crippen molar-refractivity contribution in [2.75, 3.05) is 19.5 Å². The highest BCUT2D eigenvalue weighted by molar-refractivity contribution is 7.62. The van der Waals surface area contributed by atoms with E-state index in [1.807, 2.05) is 0 Å². The van der Waals surface area contributed by atoms with Gasteiger partial charge in [-0.2, -0.15) is 0 Å². The molecule has 0 bridgehead atoms. The van der Waals surface area contributed by atoms with E-state index in [9.17, 15) is 9.36 Å². The predicted octanol–water partition coefficient (Wildman–Crippen LogP) is 3.47. The lowest BCUT2D eigenvalue weighted by Crippen LogP contribution is -2.45. The SMILES string of the molecule is CC(C)(C)[Si](C)(C)O[C@H](CC(=O)O)CP(C)(C)=O. The summed E-state index contributed by atoms with van der Waals surface area (Å²) < 4.78 is 18.0. The lowest BCUT2D eigenvalue weighted by atomic mass is 10.2. The van der Waals surface area contributed by atoms with E-state index in [0.717, 1.165) is 0 Å². The van der Waals surface area contributed by atoms with E-state index in [2.05, 4.69) is 33.9 Å². The molecule has 0 rings (SSSR count). The van der Waals surface area contributed by atoms with E-state index in [1.165, 1.54) is 0 Å². The van der Waals surface area contributed by atoms with Crippen molar-refractivity contribution in [2.45, 2.75) is 51.4 Å². The molecule has 0 aliphatic carbocycles. The summed E-state index contributed by atoms with van der Waals surface area (Å²) >= 11 is 0. The Morgan fingerprint density at radius 2 is 1.78 bits per heavy atom. The van der Waals surface area contributed by atoms with Gasteiger partial charge in [0, 0.05) is 6.16 Å². The molecular formula is C12H27O4PSi. The second kappa shape index (κ2) is 5.89. The molecular weight excluding hydrogens is 267 g/mol. The summed E-state index contributed by atoms with van der Waals surface area (Å²) in [4.78, 5) is 10.9. The first-order valence-electron chi connectivity index (χ1n) is 6.18. The van der Waals surface area contributed by atoms with Crippen molar-refractivity contribution in [3.05, 3.63) is 0 Å². The summed E-state index contributed by atoms with van der Waals surface area (Å²) in [6, 6.07) is 0. The van der Waals surface area contributed by atoms with E-state index >= 15 is 0 Å². The largest absolute Gasteiger partial charge is 0.481 e. The zero-order chi connectivity index (χ0) is 14.8. The second-order valence-corrected chi connectivity index (χ2v) is 15.1. The van der Waals surface area contributed by atoms with E-state index in [1.54, 1.807) is 13.3 Å². The molecule has 0 radical (unpaired) electrons. The summed E-state index contributed by atoms with van der Waals surface area (Å²) in [7, 11) is -4.30. The molecule has 0 aromatic rings. The van der Waals surface area contributed by atoms with Crippen LogP contribution >= 0.6 is 7.14 Å². The molecule has 18 heavy (non-hydrogen) atoms. The minimum absolute atomic E-state index is 0.0230. The van der Waals surface area contributed by atoms with Gasteiger partial charge in [0.1, 0.15) is 0 Å². The maximum absolute atomic E-state index is 11.9. The maximum Gasteiger partial charge on any atom is 0.305 e. The van der Waals surface area contributed by atoms with Crippen molar-refractivity contribution in [3.8, 4) is 0 Å². The highest BCUT2D eigenvalue weighted by atomic mass is 31.2. The Morgan fingerprint density at radius 1 is 1.33 bits per heavy atom. The quantitative estimate of drug-likeness (QED) is 0.602. The highest BCUT2D eigenvalue weighted by Crippen LogP contribution is 2.42. The third-order valence-corrected chi connectivity index (χ3v) is 9.13. The molecule has 1 atom stereocenters. The van der Waals surface area contributed by atoms with E-state index in [-0.39, 0.29) is 11.5 Å². The van der Waals surface area contributed by atoms with Gasteiger partial charge in [-0.25, -0.2) is 0 Å². The van der Waals surface area contributed by atoms with Gasteiger partial charge < -0.3 is 14.1 Å². The van der Waals surface area contributed by atoms with E-state index in [4.69, 9.17) is 9.53 Å². The fraction of sp³-hybridized carbons (Fsp3) is 0.917. The third kappa shape index (κ3) is 6.71. The van der Waals surface area contributed by atoms with E-state index in [0.29, 0.717) is 6.16 Å². The van der Waals surface area contributed by atoms with Crippen LogP contribution in [0.25, 0.3) is 0 Å². The number of hydrogen-bond donors (Lipinski definition) is 1. The van der Waals surface area contributed by atoms with Crippen LogP contribution in [0.2, 0.25) is 18.1 Å². The molecule has 0 aliphatic heterocycles. The highest BCUT2D eigenvalue weighted by Gasteiger charge is 2.40. The van der Waals surface area contributed by atoms with Crippen molar-refractivity contribution >= 4 is 21.4 Å². The van der Waals surface area contributed by atoms with Crippen molar-refractivity contribution in [1.29, 1.82) is 0 Å². The van der Waals surface area contributed by atoms with Crippen LogP contribution in [0.3, 0.4) is 0 Å². The molecule has 0 aromatic heterocycles. The molecule has 6 heteroatoms. The van der Waals surface area contributed by atoms with E-state index < -0.39 is 27.5 Å². The Labute approximate surface area is 112 Å². The monoisotopic (exact) mass is 294 g/mol. The van der Waals surface area contributed by atoms with Crippen LogP contribution in [0.1, 0.15) is 27.2 Å². The van der Waals surface area contributed by atoms with Crippen LogP contribution in [0, 0.1) is 0 Å². The summed E-state index contributed by atoms with van der Waals surface area (Å²) in [6.45, 7) is 13.8. The predicted molar refractivity (Wildman–Crippen MR) is 78.6 cm³/mol. The molecule has 0 saturated heterocycles. The molecule has 108 valence electrons. The smallest absolute Gasteiger partial charge is 0.305 e. The standard InChI is InChI=1S/C12H27O4PSi/c1-12(2,3)18(6,7)16-10(8-11(13)14)9-17(4,5)15/h10H,8-9H2,1-7H3,(H,13,14)/t10-/m1/s1. The molecule has 4 nitrogen and oxygen atoms in total. The second-order valence-electron chi connectivity index (χ2n) is 6.85. The van der Waals surface area contributed by atoms with Crippen LogP contribution < -0.4 is 0 Å².